The Hall–Kier alpha value is -0.520. The Balaban J connectivity index is 3.14. The van der Waals surface area contributed by atoms with Crippen LogP contribution in [0.1, 0.15) is 6.92 Å². The second-order valence-electron chi connectivity index (χ2n) is 4.89. The third-order valence-electron chi connectivity index (χ3n) is 2.69. The van der Waals surface area contributed by atoms with Crippen molar-refractivity contribution >= 4 is 36.2 Å². The molecule has 0 rings (SSSR count). The average molecular weight is 399 g/mol. The van der Waals surface area contributed by atoms with Crippen LogP contribution >= 0.6 is 24.4 Å². The van der Waals surface area contributed by atoms with Gasteiger partial charge in [-0.2, -0.15) is 12.6 Å². The van der Waals surface area contributed by atoms with Gasteiger partial charge < -0.3 is 29.6 Å². The summed E-state index contributed by atoms with van der Waals surface area (Å²) in [6.07, 6.45) is 1.91. The molecule has 8 nitrogen and oxygen atoms in total. The maximum atomic E-state index is 11.2. The summed E-state index contributed by atoms with van der Waals surface area (Å²) in [5, 5.41) is 5.07. The van der Waals surface area contributed by atoms with Crippen molar-refractivity contribution in [2.75, 3.05) is 71.5 Å². The van der Waals surface area contributed by atoms with Crippen molar-refractivity contribution in [2.24, 2.45) is 0 Å². The fourth-order valence-corrected chi connectivity index (χ4v) is 1.82. The Morgan fingerprint density at radius 3 is 1.96 bits per heavy atom. The van der Waals surface area contributed by atoms with Crippen LogP contribution in [0.2, 0.25) is 0 Å². The molecule has 0 radical (unpaired) electrons. The predicted octanol–water partition coefficient (Wildman–Crippen LogP) is -0.0760. The molecule has 0 fully saturated rings. The molecule has 1 atom stereocenters. The van der Waals surface area contributed by atoms with Crippen molar-refractivity contribution in [2.45, 2.75) is 12.2 Å². The van der Waals surface area contributed by atoms with Gasteiger partial charge in [-0.15, -0.1) is 11.8 Å². The van der Waals surface area contributed by atoms with Gasteiger partial charge in [0.25, 0.3) is 0 Å². The summed E-state index contributed by atoms with van der Waals surface area (Å²) in [5.74, 6) is 0.353. The third kappa shape index (κ3) is 18.1. The summed E-state index contributed by atoms with van der Waals surface area (Å²) in [4.78, 5) is 22.4. The van der Waals surface area contributed by atoms with E-state index in [1.165, 1.54) is 11.8 Å². The smallest absolute Gasteiger partial charge is 0.246 e. The van der Waals surface area contributed by atoms with E-state index in [0.29, 0.717) is 58.7 Å². The van der Waals surface area contributed by atoms with E-state index in [-0.39, 0.29) is 23.7 Å². The van der Waals surface area contributed by atoms with Gasteiger partial charge in [0.2, 0.25) is 11.8 Å². The van der Waals surface area contributed by atoms with Gasteiger partial charge in [-0.25, -0.2) is 0 Å². The number of amides is 2. The number of carbonyl (C=O) groups excluding carboxylic acids is 2. The highest BCUT2D eigenvalue weighted by atomic mass is 32.2. The zero-order valence-electron chi connectivity index (χ0n) is 15.0. The molecule has 0 saturated carbocycles. The number of thioether (sulfide) groups is 1. The maximum Gasteiger partial charge on any atom is 0.246 e. The molecule has 25 heavy (non-hydrogen) atoms. The Bertz CT molecular complexity index is 348. The number of rotatable bonds is 17. The highest BCUT2D eigenvalue weighted by Gasteiger charge is 2.05. The van der Waals surface area contributed by atoms with E-state index in [1.807, 2.05) is 6.26 Å². The monoisotopic (exact) mass is 398 g/mol. The topological polar surface area (TPSA) is 95.1 Å². The van der Waals surface area contributed by atoms with Crippen LogP contribution in [0.25, 0.3) is 0 Å². The van der Waals surface area contributed by atoms with Gasteiger partial charge in [0.15, 0.2) is 0 Å². The van der Waals surface area contributed by atoms with Crippen molar-refractivity contribution in [3.05, 3.63) is 0 Å². The van der Waals surface area contributed by atoms with Crippen LogP contribution in [-0.4, -0.2) is 88.6 Å². The molecular formula is C15H30N2O6S2. The van der Waals surface area contributed by atoms with Crippen LogP contribution in [0.15, 0.2) is 0 Å². The van der Waals surface area contributed by atoms with Gasteiger partial charge in [-0.3, -0.25) is 9.59 Å². The van der Waals surface area contributed by atoms with E-state index in [1.54, 1.807) is 6.92 Å². The van der Waals surface area contributed by atoms with E-state index in [2.05, 4.69) is 23.3 Å². The molecule has 148 valence electrons. The first-order valence-electron chi connectivity index (χ1n) is 8.10. The van der Waals surface area contributed by atoms with Gasteiger partial charge in [0, 0.05) is 6.54 Å². The van der Waals surface area contributed by atoms with Crippen LogP contribution in [0, 0.1) is 0 Å². The largest absolute Gasteiger partial charge is 0.377 e. The lowest BCUT2D eigenvalue weighted by molar-refractivity contribution is -0.126. The van der Waals surface area contributed by atoms with Crippen LogP contribution in [0.4, 0.5) is 0 Å². The number of thiol groups is 1. The third-order valence-corrected chi connectivity index (χ3v) is 3.36. The number of nitrogens with one attached hydrogen (secondary N) is 2. The van der Waals surface area contributed by atoms with E-state index < -0.39 is 0 Å². The highest BCUT2D eigenvalue weighted by Crippen LogP contribution is 1.90. The fraction of sp³-hybridized carbons (Fsp3) is 0.867. The Labute approximate surface area is 159 Å². The highest BCUT2D eigenvalue weighted by molar-refractivity contribution is 7.98. The second-order valence-corrected chi connectivity index (χ2v) is 6.53. The first kappa shape index (κ1) is 24.5. The van der Waals surface area contributed by atoms with Crippen molar-refractivity contribution in [3.63, 3.8) is 0 Å². The Morgan fingerprint density at radius 1 is 0.920 bits per heavy atom. The van der Waals surface area contributed by atoms with Crippen molar-refractivity contribution in [1.29, 1.82) is 0 Å². The minimum atomic E-state index is -0.314. The zero-order valence-corrected chi connectivity index (χ0v) is 16.7. The molecule has 1 unspecified atom stereocenters. The number of hydrogen-bond acceptors (Lipinski definition) is 8. The lowest BCUT2D eigenvalue weighted by Gasteiger charge is -2.09. The van der Waals surface area contributed by atoms with E-state index in [0.717, 1.165) is 0 Å². The Kier molecular flexibility index (Phi) is 17.9. The van der Waals surface area contributed by atoms with Gasteiger partial charge in [0.05, 0.1) is 57.4 Å². The lowest BCUT2D eigenvalue weighted by atomic mass is 10.4. The SMILES string of the molecule is CSCNC(=O)COCCOCCOCCOCCNC(=O)C(C)S. The first-order chi connectivity index (χ1) is 12.1. The second kappa shape index (κ2) is 18.3. The summed E-state index contributed by atoms with van der Waals surface area (Å²) in [6, 6.07) is 0. The normalized spacial score (nSPS) is 12.0. The van der Waals surface area contributed by atoms with Crippen LogP contribution in [0.5, 0.6) is 0 Å². The maximum absolute atomic E-state index is 11.2. The summed E-state index contributed by atoms with van der Waals surface area (Å²) in [6.45, 7) is 5.29. The number of carbonyl (C=O) groups is 2. The molecule has 0 aliphatic heterocycles. The summed E-state index contributed by atoms with van der Waals surface area (Å²) in [7, 11) is 0. The zero-order chi connectivity index (χ0) is 18.8. The first-order valence-corrected chi connectivity index (χ1v) is 10.0. The Morgan fingerprint density at radius 2 is 1.44 bits per heavy atom. The van der Waals surface area contributed by atoms with Gasteiger partial charge >= 0.3 is 0 Å². The van der Waals surface area contributed by atoms with Gasteiger partial charge in [-0.05, 0) is 13.2 Å². The molecule has 0 aliphatic carbocycles. The molecule has 0 spiro atoms. The van der Waals surface area contributed by atoms with E-state index in [9.17, 15) is 9.59 Å². The molecule has 0 heterocycles. The van der Waals surface area contributed by atoms with Gasteiger partial charge in [0.1, 0.15) is 6.61 Å². The van der Waals surface area contributed by atoms with E-state index >= 15 is 0 Å². The van der Waals surface area contributed by atoms with E-state index in [4.69, 9.17) is 18.9 Å². The van der Waals surface area contributed by atoms with Crippen molar-refractivity contribution in [3.8, 4) is 0 Å². The number of ether oxygens (including phenoxy) is 4. The molecular weight excluding hydrogens is 368 g/mol. The minimum absolute atomic E-state index is 0.0467. The standard InChI is InChI=1S/C15H30N2O6S2/c1-13(24)15(19)16-3-4-20-5-6-21-7-8-22-9-10-23-11-14(18)17-12-25-2/h13,24H,3-12H2,1-2H3,(H,16,19)(H,17,18). The fourth-order valence-electron chi connectivity index (χ4n) is 1.42. The van der Waals surface area contributed by atoms with Crippen LogP contribution in [0.3, 0.4) is 0 Å². The molecule has 2 N–H and O–H groups in total. The summed E-state index contributed by atoms with van der Waals surface area (Å²) >= 11 is 5.56. The number of hydrogen-bond donors (Lipinski definition) is 3. The molecule has 2 amide bonds. The predicted molar refractivity (Wildman–Crippen MR) is 101 cm³/mol. The molecule has 0 bridgehead atoms. The molecule has 0 saturated heterocycles. The quantitative estimate of drug-likeness (QED) is 0.179. The van der Waals surface area contributed by atoms with Crippen molar-refractivity contribution in [1.82, 2.24) is 10.6 Å². The molecule has 0 aromatic heterocycles. The minimum Gasteiger partial charge on any atom is -0.377 e. The van der Waals surface area contributed by atoms with Crippen LogP contribution < -0.4 is 10.6 Å². The molecule has 0 aliphatic rings. The lowest BCUT2D eigenvalue weighted by Crippen LogP contribution is -2.32. The molecule has 0 aromatic carbocycles. The summed E-state index contributed by atoms with van der Waals surface area (Å²) in [5.41, 5.74) is 0. The van der Waals surface area contributed by atoms with Crippen LogP contribution in [-0.2, 0) is 28.5 Å². The van der Waals surface area contributed by atoms with Gasteiger partial charge in [-0.1, -0.05) is 0 Å². The average Bonchev–Trinajstić information content (AvgIpc) is 2.59. The summed E-state index contributed by atoms with van der Waals surface area (Å²) < 4.78 is 21.1. The molecule has 0 aromatic rings. The molecule has 10 heteroatoms. The van der Waals surface area contributed by atoms with Crippen molar-refractivity contribution < 1.29 is 28.5 Å².